The van der Waals surface area contributed by atoms with Crippen molar-refractivity contribution >= 4 is 31.8 Å². The number of sulfonamides is 1. The average Bonchev–Trinajstić information content (AvgIpc) is 2.63. The van der Waals surface area contributed by atoms with E-state index in [-0.39, 0.29) is 5.75 Å². The first-order valence-electron chi connectivity index (χ1n) is 5.64. The summed E-state index contributed by atoms with van der Waals surface area (Å²) in [6.45, 7) is 3.66. The highest BCUT2D eigenvalue weighted by atomic mass is 79.9. The van der Waals surface area contributed by atoms with Crippen molar-refractivity contribution in [3.8, 4) is 0 Å². The second-order valence-corrected chi connectivity index (χ2v) is 6.95. The van der Waals surface area contributed by atoms with Gasteiger partial charge in [0.05, 0.1) is 5.75 Å². The third-order valence-corrected chi connectivity index (χ3v) is 4.52. The molecule has 0 saturated heterocycles. The van der Waals surface area contributed by atoms with Crippen molar-refractivity contribution < 1.29 is 8.42 Å². The zero-order valence-electron chi connectivity index (χ0n) is 10.6. The van der Waals surface area contributed by atoms with E-state index in [1.54, 1.807) is 12.1 Å². The highest BCUT2D eigenvalue weighted by molar-refractivity contribution is 9.10. The van der Waals surface area contributed by atoms with Gasteiger partial charge in [-0.15, -0.1) is 0 Å². The van der Waals surface area contributed by atoms with Gasteiger partial charge in [-0.05, 0) is 31.5 Å². The van der Waals surface area contributed by atoms with Gasteiger partial charge in [0.1, 0.15) is 0 Å². The van der Waals surface area contributed by atoms with Crippen LogP contribution in [0.1, 0.15) is 16.8 Å². The fourth-order valence-corrected chi connectivity index (χ4v) is 3.03. The molecule has 0 atom stereocenters. The van der Waals surface area contributed by atoms with Crippen molar-refractivity contribution in [1.29, 1.82) is 0 Å². The lowest BCUT2D eigenvalue weighted by Crippen LogP contribution is -2.16. The number of hydrogen-bond acceptors (Lipinski definition) is 3. The summed E-state index contributed by atoms with van der Waals surface area (Å²) in [6, 6.07) is 7.17. The van der Waals surface area contributed by atoms with Crippen LogP contribution in [0.25, 0.3) is 0 Å². The van der Waals surface area contributed by atoms with Crippen molar-refractivity contribution in [2.24, 2.45) is 0 Å². The Balaban J connectivity index is 2.15. The first-order chi connectivity index (χ1) is 8.87. The quantitative estimate of drug-likeness (QED) is 0.896. The Morgan fingerprint density at radius 3 is 2.42 bits per heavy atom. The van der Waals surface area contributed by atoms with Crippen molar-refractivity contribution in [3.63, 3.8) is 0 Å². The molecule has 1 aromatic carbocycles. The van der Waals surface area contributed by atoms with Crippen LogP contribution in [0, 0.1) is 13.8 Å². The van der Waals surface area contributed by atoms with Crippen LogP contribution in [0.15, 0.2) is 28.7 Å². The van der Waals surface area contributed by atoms with Gasteiger partial charge in [-0.25, -0.2) is 8.42 Å². The van der Waals surface area contributed by atoms with Crippen LogP contribution in [0.5, 0.6) is 0 Å². The van der Waals surface area contributed by atoms with Gasteiger partial charge in [0.2, 0.25) is 10.0 Å². The molecule has 0 bridgehead atoms. The summed E-state index contributed by atoms with van der Waals surface area (Å²) in [5.74, 6) is 0.278. The maximum atomic E-state index is 12.0. The summed E-state index contributed by atoms with van der Waals surface area (Å²) in [7, 11) is -3.46. The molecule has 0 aliphatic carbocycles. The molecule has 0 spiro atoms. The van der Waals surface area contributed by atoms with Gasteiger partial charge in [0.25, 0.3) is 0 Å². The normalized spacial score (nSPS) is 11.5. The van der Waals surface area contributed by atoms with E-state index in [4.69, 9.17) is 0 Å². The molecular formula is C12H14BrN3O2S. The zero-order chi connectivity index (χ0) is 14.0. The Bertz CT molecular complexity index is 678. The molecule has 102 valence electrons. The molecule has 5 nitrogen and oxygen atoms in total. The third kappa shape index (κ3) is 3.57. The summed E-state index contributed by atoms with van der Waals surface area (Å²) in [5.41, 5.74) is 2.38. The second kappa shape index (κ2) is 5.34. The van der Waals surface area contributed by atoms with Crippen molar-refractivity contribution in [1.82, 2.24) is 10.2 Å². The number of benzene rings is 1. The largest absolute Gasteiger partial charge is 0.280 e. The minimum Gasteiger partial charge on any atom is -0.280 e. The van der Waals surface area contributed by atoms with Crippen LogP contribution in [0.4, 0.5) is 5.82 Å². The van der Waals surface area contributed by atoms with E-state index < -0.39 is 10.0 Å². The van der Waals surface area contributed by atoms with Crippen LogP contribution in [-0.4, -0.2) is 18.6 Å². The molecule has 2 aromatic rings. The Labute approximate surface area is 120 Å². The standard InChI is InChI=1S/C12H14BrN3O2S/c1-8-9(2)14-15-12(8)16-19(17,18)7-10-3-5-11(13)6-4-10/h3-6H,7H2,1-2H3,(H2,14,15,16). The average molecular weight is 344 g/mol. The van der Waals surface area contributed by atoms with E-state index in [0.717, 1.165) is 21.3 Å². The molecule has 0 amide bonds. The number of nitrogens with one attached hydrogen (secondary N) is 2. The maximum Gasteiger partial charge on any atom is 0.238 e. The molecule has 1 aromatic heterocycles. The van der Waals surface area contributed by atoms with Crippen molar-refractivity contribution in [2.75, 3.05) is 4.72 Å². The number of hydrogen-bond donors (Lipinski definition) is 2. The molecule has 0 aliphatic heterocycles. The molecule has 0 aliphatic rings. The molecule has 2 rings (SSSR count). The van der Waals surface area contributed by atoms with Crippen LogP contribution >= 0.6 is 15.9 Å². The van der Waals surface area contributed by atoms with Crippen molar-refractivity contribution in [2.45, 2.75) is 19.6 Å². The van der Waals surface area contributed by atoms with E-state index in [1.807, 2.05) is 26.0 Å². The molecule has 0 saturated carbocycles. The maximum absolute atomic E-state index is 12.0. The summed E-state index contributed by atoms with van der Waals surface area (Å²) in [6.07, 6.45) is 0. The van der Waals surface area contributed by atoms with Crippen LogP contribution < -0.4 is 4.72 Å². The molecule has 2 N–H and O–H groups in total. The van der Waals surface area contributed by atoms with Gasteiger partial charge in [0.15, 0.2) is 5.82 Å². The number of nitrogens with zero attached hydrogens (tertiary/aromatic N) is 1. The Morgan fingerprint density at radius 2 is 1.89 bits per heavy atom. The molecule has 1 heterocycles. The van der Waals surface area contributed by atoms with Gasteiger partial charge < -0.3 is 0 Å². The number of rotatable bonds is 4. The van der Waals surface area contributed by atoms with Crippen LogP contribution in [-0.2, 0) is 15.8 Å². The fraction of sp³-hybridized carbons (Fsp3) is 0.250. The third-order valence-electron chi connectivity index (χ3n) is 2.78. The lowest BCUT2D eigenvalue weighted by Gasteiger charge is -2.06. The molecular weight excluding hydrogens is 330 g/mol. The first kappa shape index (κ1) is 14.1. The van der Waals surface area contributed by atoms with Gasteiger partial charge in [-0.3, -0.25) is 9.82 Å². The highest BCUT2D eigenvalue weighted by Gasteiger charge is 2.15. The van der Waals surface area contributed by atoms with E-state index in [0.29, 0.717) is 5.82 Å². The SMILES string of the molecule is Cc1[nH]nc(NS(=O)(=O)Cc2ccc(Br)cc2)c1C. The van der Waals surface area contributed by atoms with Crippen LogP contribution in [0.2, 0.25) is 0 Å². The van der Waals surface area contributed by atoms with E-state index in [1.165, 1.54) is 0 Å². The molecule has 0 fully saturated rings. The Morgan fingerprint density at radius 1 is 1.26 bits per heavy atom. The number of aromatic amines is 1. The number of H-pyrrole nitrogens is 1. The minimum atomic E-state index is -3.46. The summed E-state index contributed by atoms with van der Waals surface area (Å²) < 4.78 is 27.5. The topological polar surface area (TPSA) is 74.8 Å². The molecule has 19 heavy (non-hydrogen) atoms. The molecule has 0 unspecified atom stereocenters. The zero-order valence-corrected chi connectivity index (χ0v) is 13.0. The number of aryl methyl sites for hydroxylation is 1. The number of anilines is 1. The Hall–Kier alpha value is -1.34. The summed E-state index contributed by atoms with van der Waals surface area (Å²) in [4.78, 5) is 0. The van der Waals surface area contributed by atoms with Gasteiger partial charge in [-0.2, -0.15) is 5.10 Å². The number of halogens is 1. The lowest BCUT2D eigenvalue weighted by molar-refractivity contribution is 0.600. The first-order valence-corrected chi connectivity index (χ1v) is 8.08. The molecule has 7 heteroatoms. The molecule has 0 radical (unpaired) electrons. The fourth-order valence-electron chi connectivity index (χ4n) is 1.57. The van der Waals surface area contributed by atoms with Crippen molar-refractivity contribution in [3.05, 3.63) is 45.6 Å². The van der Waals surface area contributed by atoms with Crippen LogP contribution in [0.3, 0.4) is 0 Å². The van der Waals surface area contributed by atoms with Gasteiger partial charge >= 0.3 is 0 Å². The van der Waals surface area contributed by atoms with E-state index in [9.17, 15) is 8.42 Å². The van der Waals surface area contributed by atoms with Gasteiger partial charge in [-0.1, -0.05) is 28.1 Å². The van der Waals surface area contributed by atoms with Gasteiger partial charge in [0, 0.05) is 15.7 Å². The van der Waals surface area contributed by atoms with E-state index in [2.05, 4.69) is 30.8 Å². The summed E-state index contributed by atoms with van der Waals surface area (Å²) >= 11 is 3.31. The summed E-state index contributed by atoms with van der Waals surface area (Å²) in [5, 5.41) is 6.68. The number of aromatic nitrogens is 2. The minimum absolute atomic E-state index is 0.0778. The highest BCUT2D eigenvalue weighted by Crippen LogP contribution is 2.18. The Kier molecular flexibility index (Phi) is 3.96. The lowest BCUT2D eigenvalue weighted by atomic mass is 10.2. The second-order valence-electron chi connectivity index (χ2n) is 4.31. The predicted molar refractivity (Wildman–Crippen MR) is 78.5 cm³/mol. The smallest absolute Gasteiger partial charge is 0.238 e. The monoisotopic (exact) mass is 343 g/mol. The predicted octanol–water partition coefficient (Wildman–Crippen LogP) is 2.73. The van der Waals surface area contributed by atoms with E-state index >= 15 is 0 Å².